The summed E-state index contributed by atoms with van der Waals surface area (Å²) < 4.78 is 43.7. The number of carbonyl (C=O) groups excluding carboxylic acids is 1. The first-order chi connectivity index (χ1) is 16.2. The molecule has 0 aliphatic rings. The largest absolute Gasteiger partial charge is 0.495 e. The van der Waals surface area contributed by atoms with Crippen LogP contribution >= 0.6 is 23.2 Å². The molecule has 0 fully saturated rings. The summed E-state index contributed by atoms with van der Waals surface area (Å²) in [4.78, 5) is 12.1. The molecule has 2 N–H and O–H groups in total. The Hall–Kier alpha value is -3.14. The van der Waals surface area contributed by atoms with Gasteiger partial charge in [-0.15, -0.1) is 0 Å². The van der Waals surface area contributed by atoms with Gasteiger partial charge in [-0.05, 0) is 67.6 Å². The van der Waals surface area contributed by atoms with Crippen LogP contribution in [0.3, 0.4) is 0 Å². The second kappa shape index (κ2) is 11.3. The Morgan fingerprint density at radius 2 is 1.53 bits per heavy atom. The lowest BCUT2D eigenvalue weighted by atomic mass is 10.3. The van der Waals surface area contributed by atoms with Crippen LogP contribution in [0.1, 0.15) is 6.92 Å². The van der Waals surface area contributed by atoms with E-state index in [1.807, 2.05) is 6.92 Å². The molecule has 0 spiro atoms. The standard InChI is InChI=1S/C23H22Cl2N2O6S/c1-3-32-17-7-4-15(5-8-17)27-34(29,30)18-9-11-22(20(25)13-18)33-14-23(28)26-16-6-10-21(31-2)19(24)12-16/h4-13,27H,3,14H2,1-2H3,(H,26,28). The summed E-state index contributed by atoms with van der Waals surface area (Å²) in [6.07, 6.45) is 0. The molecule has 0 unspecified atom stereocenters. The molecule has 0 aliphatic heterocycles. The summed E-state index contributed by atoms with van der Waals surface area (Å²) in [5.41, 5.74) is 0.836. The SMILES string of the molecule is CCOc1ccc(NS(=O)(=O)c2ccc(OCC(=O)Nc3ccc(OC)c(Cl)c3)c(Cl)c2)cc1. The zero-order valence-corrected chi connectivity index (χ0v) is 20.6. The van der Waals surface area contributed by atoms with E-state index in [9.17, 15) is 13.2 Å². The zero-order valence-electron chi connectivity index (χ0n) is 18.3. The molecule has 1 amide bonds. The van der Waals surface area contributed by atoms with E-state index in [4.69, 9.17) is 37.4 Å². The number of rotatable bonds is 10. The lowest BCUT2D eigenvalue weighted by Crippen LogP contribution is -2.20. The molecule has 0 aromatic heterocycles. The van der Waals surface area contributed by atoms with E-state index in [1.165, 1.54) is 25.3 Å². The molecule has 11 heteroatoms. The van der Waals surface area contributed by atoms with E-state index in [1.54, 1.807) is 42.5 Å². The van der Waals surface area contributed by atoms with Gasteiger partial charge in [-0.2, -0.15) is 0 Å². The van der Waals surface area contributed by atoms with Crippen LogP contribution in [0.2, 0.25) is 10.0 Å². The van der Waals surface area contributed by atoms with E-state index in [-0.39, 0.29) is 22.3 Å². The minimum absolute atomic E-state index is 0.0369. The van der Waals surface area contributed by atoms with Crippen molar-refractivity contribution in [1.82, 2.24) is 0 Å². The van der Waals surface area contributed by atoms with E-state index in [0.29, 0.717) is 34.5 Å². The van der Waals surface area contributed by atoms with Crippen molar-refractivity contribution < 1.29 is 27.4 Å². The molecule has 3 aromatic carbocycles. The fourth-order valence-corrected chi connectivity index (χ4v) is 4.49. The van der Waals surface area contributed by atoms with Gasteiger partial charge in [-0.3, -0.25) is 9.52 Å². The fraction of sp³-hybridized carbons (Fsp3) is 0.174. The summed E-state index contributed by atoms with van der Waals surface area (Å²) in [6, 6.07) is 15.3. The quantitative estimate of drug-likeness (QED) is 0.376. The summed E-state index contributed by atoms with van der Waals surface area (Å²) in [5.74, 6) is 0.819. The second-order valence-electron chi connectivity index (χ2n) is 6.84. The van der Waals surface area contributed by atoms with Gasteiger partial charge in [0.05, 0.1) is 28.7 Å². The second-order valence-corrected chi connectivity index (χ2v) is 9.34. The molecular weight excluding hydrogens is 503 g/mol. The first kappa shape index (κ1) is 25.5. The smallest absolute Gasteiger partial charge is 0.262 e. The number of carbonyl (C=O) groups is 1. The van der Waals surface area contributed by atoms with Crippen LogP contribution in [0.5, 0.6) is 17.2 Å². The molecule has 0 radical (unpaired) electrons. The number of amides is 1. The summed E-state index contributed by atoms with van der Waals surface area (Å²) in [7, 11) is -2.40. The van der Waals surface area contributed by atoms with Gasteiger partial charge in [0.1, 0.15) is 17.2 Å². The molecule has 0 saturated carbocycles. The number of hydrogen-bond acceptors (Lipinski definition) is 6. The first-order valence-electron chi connectivity index (χ1n) is 10.0. The van der Waals surface area contributed by atoms with Crippen LogP contribution < -0.4 is 24.2 Å². The minimum atomic E-state index is -3.89. The molecule has 0 aliphatic carbocycles. The Balaban J connectivity index is 1.61. The number of benzene rings is 3. The van der Waals surface area contributed by atoms with E-state index >= 15 is 0 Å². The topological polar surface area (TPSA) is 103 Å². The Morgan fingerprint density at radius 1 is 0.882 bits per heavy atom. The average molecular weight is 525 g/mol. The molecule has 3 rings (SSSR count). The van der Waals surface area contributed by atoms with Crippen LogP contribution in [0.4, 0.5) is 11.4 Å². The Kier molecular flexibility index (Phi) is 8.49. The highest BCUT2D eigenvalue weighted by Gasteiger charge is 2.17. The number of anilines is 2. The van der Waals surface area contributed by atoms with Gasteiger partial charge in [-0.1, -0.05) is 23.2 Å². The fourth-order valence-electron chi connectivity index (χ4n) is 2.85. The summed E-state index contributed by atoms with van der Waals surface area (Å²) >= 11 is 12.2. The van der Waals surface area contributed by atoms with Gasteiger partial charge in [0, 0.05) is 11.4 Å². The predicted octanol–water partition coefficient (Wildman–Crippen LogP) is 5.22. The highest BCUT2D eigenvalue weighted by Crippen LogP contribution is 2.29. The van der Waals surface area contributed by atoms with Gasteiger partial charge in [0.15, 0.2) is 6.61 Å². The zero-order chi connectivity index (χ0) is 24.7. The van der Waals surface area contributed by atoms with Crippen molar-refractivity contribution in [1.29, 1.82) is 0 Å². The van der Waals surface area contributed by atoms with E-state index in [2.05, 4.69) is 10.0 Å². The third kappa shape index (κ3) is 6.69. The first-order valence-corrected chi connectivity index (χ1v) is 12.3. The van der Waals surface area contributed by atoms with E-state index < -0.39 is 15.9 Å². The molecule has 0 bridgehead atoms. The van der Waals surface area contributed by atoms with Crippen molar-refractivity contribution in [3.05, 3.63) is 70.7 Å². The van der Waals surface area contributed by atoms with E-state index in [0.717, 1.165) is 0 Å². The predicted molar refractivity (Wildman–Crippen MR) is 132 cm³/mol. The Bertz CT molecular complexity index is 1270. The number of sulfonamides is 1. The molecule has 3 aromatic rings. The van der Waals surface area contributed by atoms with Crippen molar-refractivity contribution >= 4 is 50.5 Å². The number of halogens is 2. The van der Waals surface area contributed by atoms with Crippen molar-refractivity contribution in [2.75, 3.05) is 30.4 Å². The third-order valence-electron chi connectivity index (χ3n) is 4.43. The van der Waals surface area contributed by atoms with Crippen molar-refractivity contribution in [3.63, 3.8) is 0 Å². The van der Waals surface area contributed by atoms with Crippen LogP contribution in [-0.2, 0) is 14.8 Å². The molecule has 0 atom stereocenters. The summed E-state index contributed by atoms with van der Waals surface area (Å²) in [6.45, 7) is 2.02. The van der Waals surface area contributed by atoms with Crippen LogP contribution in [0.15, 0.2) is 65.6 Å². The van der Waals surface area contributed by atoms with Crippen LogP contribution in [0.25, 0.3) is 0 Å². The monoisotopic (exact) mass is 524 g/mol. The number of methoxy groups -OCH3 is 1. The molecule has 0 heterocycles. The van der Waals surface area contributed by atoms with Gasteiger partial charge in [-0.25, -0.2) is 8.42 Å². The average Bonchev–Trinajstić information content (AvgIpc) is 2.79. The molecular formula is C23H22Cl2N2O6S. The maximum absolute atomic E-state index is 12.7. The molecule has 8 nitrogen and oxygen atoms in total. The minimum Gasteiger partial charge on any atom is -0.495 e. The lowest BCUT2D eigenvalue weighted by Gasteiger charge is -2.12. The van der Waals surface area contributed by atoms with Crippen LogP contribution in [0, 0.1) is 0 Å². The summed E-state index contributed by atoms with van der Waals surface area (Å²) in [5, 5.41) is 3.02. The lowest BCUT2D eigenvalue weighted by molar-refractivity contribution is -0.118. The van der Waals surface area contributed by atoms with Crippen LogP contribution in [-0.4, -0.2) is 34.6 Å². The van der Waals surface area contributed by atoms with Crippen molar-refractivity contribution in [2.45, 2.75) is 11.8 Å². The normalized spacial score (nSPS) is 10.9. The van der Waals surface area contributed by atoms with Crippen molar-refractivity contribution in [3.8, 4) is 17.2 Å². The van der Waals surface area contributed by atoms with Gasteiger partial charge >= 0.3 is 0 Å². The Labute approximate surface area is 207 Å². The molecule has 0 saturated heterocycles. The highest BCUT2D eigenvalue weighted by atomic mass is 35.5. The molecule has 180 valence electrons. The van der Waals surface area contributed by atoms with Gasteiger partial charge in [0.2, 0.25) is 0 Å². The Morgan fingerprint density at radius 3 is 2.15 bits per heavy atom. The van der Waals surface area contributed by atoms with Gasteiger partial charge < -0.3 is 19.5 Å². The van der Waals surface area contributed by atoms with Crippen molar-refractivity contribution in [2.24, 2.45) is 0 Å². The number of nitrogens with one attached hydrogen (secondary N) is 2. The number of hydrogen-bond donors (Lipinski definition) is 2. The number of ether oxygens (including phenoxy) is 3. The highest BCUT2D eigenvalue weighted by molar-refractivity contribution is 7.92. The van der Waals surface area contributed by atoms with Gasteiger partial charge in [0.25, 0.3) is 15.9 Å². The maximum Gasteiger partial charge on any atom is 0.262 e. The third-order valence-corrected chi connectivity index (χ3v) is 6.40. The maximum atomic E-state index is 12.7. The molecule has 34 heavy (non-hydrogen) atoms.